The van der Waals surface area contributed by atoms with E-state index in [-0.39, 0.29) is 0 Å². The lowest BCUT2D eigenvalue weighted by atomic mass is 10.1. The summed E-state index contributed by atoms with van der Waals surface area (Å²) in [5.74, 6) is 5.25. The SMILES string of the molecule is NNc1ccc2c(c1)COC2. The van der Waals surface area contributed by atoms with Crippen molar-refractivity contribution in [1.82, 2.24) is 0 Å². The van der Waals surface area contributed by atoms with Crippen LogP contribution in [0.3, 0.4) is 0 Å². The zero-order chi connectivity index (χ0) is 7.68. The summed E-state index contributed by atoms with van der Waals surface area (Å²) in [6.45, 7) is 1.45. The van der Waals surface area contributed by atoms with Crippen LogP contribution < -0.4 is 11.3 Å². The number of anilines is 1. The molecule has 0 bridgehead atoms. The van der Waals surface area contributed by atoms with Crippen molar-refractivity contribution in [2.24, 2.45) is 5.84 Å². The summed E-state index contributed by atoms with van der Waals surface area (Å²) in [6.07, 6.45) is 0. The maximum absolute atomic E-state index is 5.25. The van der Waals surface area contributed by atoms with E-state index in [4.69, 9.17) is 10.6 Å². The molecule has 1 aliphatic rings. The number of nitrogens with two attached hydrogens (primary N) is 1. The van der Waals surface area contributed by atoms with Crippen molar-refractivity contribution in [2.45, 2.75) is 13.2 Å². The van der Waals surface area contributed by atoms with Gasteiger partial charge in [-0.05, 0) is 23.3 Å². The van der Waals surface area contributed by atoms with Crippen molar-refractivity contribution in [3.05, 3.63) is 29.3 Å². The van der Waals surface area contributed by atoms with Gasteiger partial charge >= 0.3 is 0 Å². The molecular weight excluding hydrogens is 140 g/mol. The Morgan fingerprint density at radius 1 is 1.27 bits per heavy atom. The number of hydrogen-bond donors (Lipinski definition) is 2. The van der Waals surface area contributed by atoms with Gasteiger partial charge in [-0.25, -0.2) is 0 Å². The third-order valence-electron chi connectivity index (χ3n) is 1.89. The van der Waals surface area contributed by atoms with Gasteiger partial charge in [0.15, 0.2) is 0 Å². The quantitative estimate of drug-likeness (QED) is 0.464. The van der Waals surface area contributed by atoms with Gasteiger partial charge < -0.3 is 10.2 Å². The topological polar surface area (TPSA) is 47.3 Å². The highest BCUT2D eigenvalue weighted by Gasteiger charge is 2.10. The van der Waals surface area contributed by atoms with Crippen LogP contribution in [0, 0.1) is 0 Å². The first-order valence-corrected chi connectivity index (χ1v) is 3.56. The minimum absolute atomic E-state index is 0.713. The summed E-state index contributed by atoms with van der Waals surface area (Å²) in [7, 11) is 0. The van der Waals surface area contributed by atoms with Crippen LogP contribution >= 0.6 is 0 Å². The molecule has 0 amide bonds. The van der Waals surface area contributed by atoms with Gasteiger partial charge in [0.25, 0.3) is 0 Å². The van der Waals surface area contributed by atoms with E-state index >= 15 is 0 Å². The van der Waals surface area contributed by atoms with Crippen LogP contribution in [0.4, 0.5) is 5.69 Å². The number of nitrogen functional groups attached to an aromatic ring is 1. The van der Waals surface area contributed by atoms with Crippen molar-refractivity contribution in [2.75, 3.05) is 5.43 Å². The lowest BCUT2D eigenvalue weighted by Gasteiger charge is -2.01. The van der Waals surface area contributed by atoms with Gasteiger partial charge in [-0.15, -0.1) is 0 Å². The Hall–Kier alpha value is -1.06. The van der Waals surface area contributed by atoms with Gasteiger partial charge in [0.2, 0.25) is 0 Å². The van der Waals surface area contributed by atoms with E-state index in [1.165, 1.54) is 11.1 Å². The molecule has 3 N–H and O–H groups in total. The zero-order valence-electron chi connectivity index (χ0n) is 6.13. The second kappa shape index (κ2) is 2.53. The molecule has 0 atom stereocenters. The summed E-state index contributed by atoms with van der Waals surface area (Å²) < 4.78 is 5.25. The van der Waals surface area contributed by atoms with E-state index in [9.17, 15) is 0 Å². The van der Waals surface area contributed by atoms with E-state index in [0.29, 0.717) is 6.61 Å². The fourth-order valence-electron chi connectivity index (χ4n) is 1.26. The van der Waals surface area contributed by atoms with Crippen molar-refractivity contribution in [3.8, 4) is 0 Å². The molecular formula is C8H10N2O. The Morgan fingerprint density at radius 3 is 2.91 bits per heavy atom. The average molecular weight is 150 g/mol. The van der Waals surface area contributed by atoms with Gasteiger partial charge in [0.05, 0.1) is 13.2 Å². The minimum Gasteiger partial charge on any atom is -0.372 e. The second-order valence-corrected chi connectivity index (χ2v) is 2.62. The Bertz CT molecular complexity index is 273. The number of fused-ring (bicyclic) bond motifs is 1. The Morgan fingerprint density at radius 2 is 2.09 bits per heavy atom. The number of rotatable bonds is 1. The van der Waals surface area contributed by atoms with E-state index in [1.807, 2.05) is 18.2 Å². The fourth-order valence-corrected chi connectivity index (χ4v) is 1.26. The second-order valence-electron chi connectivity index (χ2n) is 2.62. The predicted octanol–water partition coefficient (Wildman–Crippen LogP) is 1.00. The molecule has 0 aliphatic carbocycles. The lowest BCUT2D eigenvalue weighted by molar-refractivity contribution is 0.134. The van der Waals surface area contributed by atoms with Crippen LogP contribution in [0.5, 0.6) is 0 Å². The first-order chi connectivity index (χ1) is 5.40. The molecule has 0 spiro atoms. The van der Waals surface area contributed by atoms with Crippen LogP contribution in [-0.2, 0) is 18.0 Å². The molecule has 0 fully saturated rings. The number of ether oxygens (including phenoxy) is 1. The molecule has 0 unspecified atom stereocenters. The van der Waals surface area contributed by atoms with Crippen LogP contribution in [0.2, 0.25) is 0 Å². The zero-order valence-corrected chi connectivity index (χ0v) is 6.13. The van der Waals surface area contributed by atoms with E-state index < -0.39 is 0 Å². The minimum atomic E-state index is 0.713. The molecule has 2 rings (SSSR count). The monoisotopic (exact) mass is 150 g/mol. The normalized spacial score (nSPS) is 14.6. The highest BCUT2D eigenvalue weighted by Crippen LogP contribution is 2.22. The Labute approximate surface area is 65.1 Å². The molecule has 3 heteroatoms. The highest BCUT2D eigenvalue weighted by molar-refractivity contribution is 5.48. The summed E-state index contributed by atoms with van der Waals surface area (Å²) in [5.41, 5.74) is 6.04. The fraction of sp³-hybridized carbons (Fsp3) is 0.250. The Kier molecular flexibility index (Phi) is 1.52. The maximum Gasteiger partial charge on any atom is 0.0725 e. The van der Waals surface area contributed by atoms with Crippen molar-refractivity contribution in [1.29, 1.82) is 0 Å². The summed E-state index contributed by atoms with van der Waals surface area (Å²) in [6, 6.07) is 6.01. The third kappa shape index (κ3) is 1.08. The average Bonchev–Trinajstić information content (AvgIpc) is 2.50. The van der Waals surface area contributed by atoms with Gasteiger partial charge in [0.1, 0.15) is 0 Å². The highest BCUT2D eigenvalue weighted by atomic mass is 16.5. The molecule has 11 heavy (non-hydrogen) atoms. The van der Waals surface area contributed by atoms with Gasteiger partial charge in [0, 0.05) is 5.69 Å². The standard InChI is InChI=1S/C8H10N2O/c9-10-8-2-1-6-4-11-5-7(6)3-8/h1-3,10H,4-5,9H2. The number of hydrazine groups is 1. The summed E-state index contributed by atoms with van der Waals surface area (Å²) in [4.78, 5) is 0. The molecule has 1 aliphatic heterocycles. The van der Waals surface area contributed by atoms with E-state index in [0.717, 1.165) is 12.3 Å². The Balaban J connectivity index is 2.41. The van der Waals surface area contributed by atoms with Crippen molar-refractivity contribution >= 4 is 5.69 Å². The molecule has 0 saturated carbocycles. The maximum atomic E-state index is 5.25. The molecule has 1 aromatic carbocycles. The molecule has 58 valence electrons. The number of nitrogens with one attached hydrogen (secondary N) is 1. The first-order valence-electron chi connectivity index (χ1n) is 3.56. The lowest BCUT2D eigenvalue weighted by Crippen LogP contribution is -2.06. The number of hydrogen-bond acceptors (Lipinski definition) is 3. The van der Waals surface area contributed by atoms with Gasteiger partial charge in [-0.2, -0.15) is 0 Å². The van der Waals surface area contributed by atoms with Crippen LogP contribution in [0.25, 0.3) is 0 Å². The summed E-state index contributed by atoms with van der Waals surface area (Å²) in [5, 5.41) is 0. The van der Waals surface area contributed by atoms with Gasteiger partial charge in [-0.1, -0.05) is 6.07 Å². The molecule has 1 aromatic rings. The van der Waals surface area contributed by atoms with E-state index in [1.54, 1.807) is 0 Å². The largest absolute Gasteiger partial charge is 0.372 e. The van der Waals surface area contributed by atoms with Crippen molar-refractivity contribution < 1.29 is 4.74 Å². The number of benzene rings is 1. The van der Waals surface area contributed by atoms with Crippen LogP contribution in [-0.4, -0.2) is 0 Å². The molecule has 1 heterocycles. The molecule has 0 saturated heterocycles. The van der Waals surface area contributed by atoms with E-state index in [2.05, 4.69) is 5.43 Å². The van der Waals surface area contributed by atoms with Crippen LogP contribution in [0.1, 0.15) is 11.1 Å². The molecule has 0 aromatic heterocycles. The van der Waals surface area contributed by atoms with Crippen molar-refractivity contribution in [3.63, 3.8) is 0 Å². The van der Waals surface area contributed by atoms with Gasteiger partial charge in [-0.3, -0.25) is 5.84 Å². The van der Waals surface area contributed by atoms with Crippen LogP contribution in [0.15, 0.2) is 18.2 Å². The third-order valence-corrected chi connectivity index (χ3v) is 1.89. The molecule has 0 radical (unpaired) electrons. The predicted molar refractivity (Wildman–Crippen MR) is 42.7 cm³/mol. The molecule has 3 nitrogen and oxygen atoms in total. The smallest absolute Gasteiger partial charge is 0.0725 e. The summed E-state index contributed by atoms with van der Waals surface area (Å²) >= 11 is 0. The first kappa shape index (κ1) is 6.64.